The van der Waals surface area contributed by atoms with E-state index in [0.29, 0.717) is 6.04 Å². The number of hydrogen-bond acceptors (Lipinski definition) is 0. The zero-order valence-corrected chi connectivity index (χ0v) is 27.5. The molecule has 8 heteroatoms. The molecule has 2 heterocycles. The summed E-state index contributed by atoms with van der Waals surface area (Å²) in [6.07, 6.45) is 11.1. The zero-order valence-electron chi connectivity index (χ0n) is 26.4. The minimum atomic E-state index is -6.00. The average Bonchev–Trinajstić information content (AvgIpc) is 3.46. The predicted molar refractivity (Wildman–Crippen MR) is 159 cm³/mol. The van der Waals surface area contributed by atoms with E-state index < -0.39 is 7.25 Å². The normalized spacial score (nSPS) is 28.1. The summed E-state index contributed by atoms with van der Waals surface area (Å²) >= 11 is 0. The number of fused-ring (bicyclic) bond motifs is 3. The third-order valence-electron chi connectivity index (χ3n) is 9.66. The van der Waals surface area contributed by atoms with Gasteiger partial charge in [0, 0.05) is 5.92 Å². The van der Waals surface area contributed by atoms with Crippen molar-refractivity contribution in [2.75, 3.05) is 0 Å². The van der Waals surface area contributed by atoms with Gasteiger partial charge in [-0.25, -0.2) is 9.13 Å². The van der Waals surface area contributed by atoms with Gasteiger partial charge in [0.1, 0.15) is 17.9 Å². The van der Waals surface area contributed by atoms with E-state index in [2.05, 4.69) is 102 Å². The van der Waals surface area contributed by atoms with Crippen molar-refractivity contribution in [3.05, 3.63) is 67.5 Å². The number of aromatic nitrogens is 2. The van der Waals surface area contributed by atoms with Crippen LogP contribution >= 0.6 is 0 Å². The Bertz CT molecular complexity index is 1050. The number of allylic oxidation sites excluding steroid dienone is 1. The summed E-state index contributed by atoms with van der Waals surface area (Å²) in [6.45, 7) is 20.9. The molecule has 2 nitrogen and oxygen atoms in total. The van der Waals surface area contributed by atoms with E-state index in [-0.39, 0.29) is 31.9 Å². The van der Waals surface area contributed by atoms with Crippen molar-refractivity contribution in [3.63, 3.8) is 0 Å². The number of rotatable bonds is 1. The molecule has 2 fully saturated rings. The molecule has 2 atom stereocenters. The maximum Gasteiger partial charge on any atom is 2.00 e. The van der Waals surface area contributed by atoms with Crippen LogP contribution in [0.2, 0.25) is 0 Å². The molecule has 1 aromatic heterocycles. The van der Waals surface area contributed by atoms with E-state index in [4.69, 9.17) is 0 Å². The predicted octanol–water partition coefficient (Wildman–Crippen LogP) is 9.83. The van der Waals surface area contributed by atoms with E-state index in [1.807, 2.05) is 0 Å². The van der Waals surface area contributed by atoms with E-state index >= 15 is 0 Å². The van der Waals surface area contributed by atoms with Gasteiger partial charge < -0.3 is 32.1 Å². The van der Waals surface area contributed by atoms with Crippen molar-refractivity contribution < 1.29 is 38.9 Å². The fourth-order valence-corrected chi connectivity index (χ4v) is 7.07. The number of nitrogens with zero attached hydrogens (tertiary/aromatic N) is 2. The molecule has 0 radical (unpaired) electrons. The smallest absolute Gasteiger partial charge is 0.418 e. The fourth-order valence-electron chi connectivity index (χ4n) is 7.07. The van der Waals surface area contributed by atoms with Gasteiger partial charge in [0.2, 0.25) is 6.33 Å². The van der Waals surface area contributed by atoms with E-state index in [9.17, 15) is 17.3 Å². The molecule has 2 aromatic rings. The maximum atomic E-state index is 9.75. The molecule has 40 heavy (non-hydrogen) atoms. The Kier molecular flexibility index (Phi) is 14.5. The van der Waals surface area contributed by atoms with Crippen molar-refractivity contribution >= 4 is 13.3 Å². The molecule has 0 amide bonds. The summed E-state index contributed by atoms with van der Waals surface area (Å²) < 4.78 is 43.9. The summed E-state index contributed by atoms with van der Waals surface area (Å²) in [5, 5.41) is 0. The molecular weight excluding hydrogens is 555 g/mol. The van der Waals surface area contributed by atoms with Crippen molar-refractivity contribution in [1.29, 1.82) is 0 Å². The number of hydrogen-bond donors (Lipinski definition) is 0. The Morgan fingerprint density at radius 1 is 0.775 bits per heavy atom. The van der Waals surface area contributed by atoms with Crippen LogP contribution in [-0.4, -0.2) is 11.8 Å². The largest absolute Gasteiger partial charge is 2.00 e. The molecule has 0 saturated heterocycles. The topological polar surface area (TPSA) is 8.81 Å². The Morgan fingerprint density at radius 3 is 1.62 bits per heavy atom. The molecule has 0 spiro atoms. The van der Waals surface area contributed by atoms with Crippen LogP contribution in [0.3, 0.4) is 0 Å². The monoisotopic (exact) mass is 606 g/mol. The second-order valence-electron chi connectivity index (χ2n) is 12.0. The summed E-state index contributed by atoms with van der Waals surface area (Å²) in [6, 6.07) is 5.24. The van der Waals surface area contributed by atoms with Gasteiger partial charge in [-0.3, -0.25) is 0 Å². The zero-order chi connectivity index (χ0) is 27.8. The number of aryl methyl sites for hydroxylation is 3. The molecule has 2 saturated carbocycles. The van der Waals surface area contributed by atoms with Gasteiger partial charge in [-0.2, -0.15) is 0 Å². The van der Waals surface area contributed by atoms with Crippen LogP contribution in [-0.2, 0) is 17.1 Å². The Hall–Kier alpha value is -1.53. The van der Waals surface area contributed by atoms with Gasteiger partial charge in [-0.15, -0.1) is 0 Å². The van der Waals surface area contributed by atoms with Gasteiger partial charge in [0.25, 0.3) is 0 Å². The number of benzene rings is 1. The minimum absolute atomic E-state index is 0. The Balaban J connectivity index is 0.000000716. The molecule has 2 unspecified atom stereocenters. The molecule has 2 aliphatic carbocycles. The van der Waals surface area contributed by atoms with Gasteiger partial charge >= 0.3 is 24.3 Å². The van der Waals surface area contributed by atoms with E-state index in [1.54, 1.807) is 5.57 Å². The SMILES string of the molecule is CC1=Cc2c[n+](-c3c(C)cc(C)cc3C)cn2C2CCCC12.CC1C(C)C(C)C(C)C1C.F[B-](F)(F)F.[CH3-].[CH3-].[Fe+2]. The van der Waals surface area contributed by atoms with Crippen molar-refractivity contribution in [2.45, 2.75) is 87.6 Å². The van der Waals surface area contributed by atoms with E-state index in [0.717, 1.165) is 35.5 Å². The maximum absolute atomic E-state index is 9.75. The average molecular weight is 606 g/mol. The fraction of sp³-hybridized carbons (Fsp3) is 0.594. The first-order valence-corrected chi connectivity index (χ1v) is 13.9. The molecular formula is C32H51BF4FeN2. The molecule has 228 valence electrons. The summed E-state index contributed by atoms with van der Waals surface area (Å²) in [5.74, 6) is 5.43. The molecule has 1 aromatic carbocycles. The van der Waals surface area contributed by atoms with Crippen LogP contribution in [0, 0.1) is 71.1 Å². The number of halogens is 4. The first kappa shape index (κ1) is 38.5. The third-order valence-corrected chi connectivity index (χ3v) is 9.66. The third kappa shape index (κ3) is 8.74. The van der Waals surface area contributed by atoms with Crippen LogP contribution in [0.15, 0.2) is 30.2 Å². The van der Waals surface area contributed by atoms with Gasteiger partial charge in [-0.05, 0) is 93.7 Å². The standard InChI is InChI=1S/C20H25N2.C10H20.2CH3.BF4.Fe/c1-13-8-15(3)20(16(4)9-13)21-11-17-10-14(2)18-6-5-7-19(18)22(17)12-21;1-6-7(2)9(4)10(5)8(6)3;;;2-1(3,4)5;/h8-12,18-19H,5-7H2,1-4H3;6-10H,1-5H3;2*1H3;;/q+1;;3*-1;+2. The van der Waals surface area contributed by atoms with Gasteiger partial charge in [0.15, 0.2) is 5.69 Å². The first-order chi connectivity index (χ1) is 17.1. The van der Waals surface area contributed by atoms with Gasteiger partial charge in [0.05, 0.1) is 0 Å². The molecule has 1 aliphatic heterocycles. The van der Waals surface area contributed by atoms with Crippen LogP contribution in [0.5, 0.6) is 0 Å². The first-order valence-electron chi connectivity index (χ1n) is 13.9. The molecule has 0 bridgehead atoms. The second-order valence-corrected chi connectivity index (χ2v) is 12.0. The molecule has 5 rings (SSSR count). The second kappa shape index (κ2) is 15.1. The summed E-state index contributed by atoms with van der Waals surface area (Å²) in [4.78, 5) is 0. The van der Waals surface area contributed by atoms with Gasteiger partial charge in [-0.1, -0.05) is 57.9 Å². The minimum Gasteiger partial charge on any atom is -0.418 e. The van der Waals surface area contributed by atoms with E-state index in [1.165, 1.54) is 47.3 Å². The Morgan fingerprint density at radius 2 is 1.20 bits per heavy atom. The van der Waals surface area contributed by atoms with Crippen LogP contribution in [0.1, 0.15) is 89.2 Å². The van der Waals surface area contributed by atoms with Crippen molar-refractivity contribution in [3.8, 4) is 5.69 Å². The van der Waals surface area contributed by atoms with Crippen LogP contribution < -0.4 is 4.57 Å². The van der Waals surface area contributed by atoms with Crippen molar-refractivity contribution in [1.82, 2.24) is 4.57 Å². The van der Waals surface area contributed by atoms with Crippen molar-refractivity contribution in [2.24, 2.45) is 35.5 Å². The van der Waals surface area contributed by atoms with Crippen LogP contribution in [0.4, 0.5) is 17.3 Å². The van der Waals surface area contributed by atoms with Crippen LogP contribution in [0.25, 0.3) is 11.8 Å². The Labute approximate surface area is 252 Å². The summed E-state index contributed by atoms with van der Waals surface area (Å²) in [7, 11) is -6.00. The molecule has 3 aliphatic rings. The number of imidazole rings is 1. The summed E-state index contributed by atoms with van der Waals surface area (Å²) in [5.41, 5.74) is 8.32. The molecule has 0 N–H and O–H groups in total. The quantitative estimate of drug-likeness (QED) is 0.132.